The first-order chi connectivity index (χ1) is 9.10. The minimum absolute atomic E-state index is 0.106. The molecule has 0 aliphatic carbocycles. The molecule has 1 aromatic carbocycles. The van der Waals surface area contributed by atoms with Crippen LogP contribution in [0.25, 0.3) is 11.0 Å². The highest BCUT2D eigenvalue weighted by atomic mass is 28.4. The number of hydrogen-bond donors (Lipinski definition) is 0. The molecule has 0 fully saturated rings. The summed E-state index contributed by atoms with van der Waals surface area (Å²) in [5.74, 6) is -0.729. The molecule has 0 N–H and O–H groups in total. The summed E-state index contributed by atoms with van der Waals surface area (Å²) >= 11 is 0. The van der Waals surface area contributed by atoms with Crippen molar-refractivity contribution >= 4 is 25.3 Å². The Morgan fingerprint density at radius 2 is 1.90 bits per heavy atom. The van der Waals surface area contributed by atoms with Crippen molar-refractivity contribution in [1.29, 1.82) is 0 Å². The molecule has 0 aliphatic heterocycles. The van der Waals surface area contributed by atoms with E-state index < -0.39 is 14.3 Å². The van der Waals surface area contributed by atoms with Crippen LogP contribution >= 0.6 is 0 Å². The van der Waals surface area contributed by atoms with E-state index in [2.05, 4.69) is 33.9 Å². The van der Waals surface area contributed by atoms with Gasteiger partial charge < -0.3 is 18.7 Å². The molecule has 0 saturated carbocycles. The van der Waals surface area contributed by atoms with Crippen molar-refractivity contribution in [2.45, 2.75) is 38.9 Å². The van der Waals surface area contributed by atoms with Gasteiger partial charge in [-0.25, -0.2) is 0 Å². The normalized spacial score (nSPS) is 12.7. The second kappa shape index (κ2) is 4.66. The van der Waals surface area contributed by atoms with E-state index in [1.54, 1.807) is 6.07 Å². The van der Waals surface area contributed by atoms with Crippen molar-refractivity contribution in [1.82, 2.24) is 0 Å². The summed E-state index contributed by atoms with van der Waals surface area (Å²) in [6.45, 7) is 10.8. The van der Waals surface area contributed by atoms with Crippen LogP contribution in [-0.2, 0) is 0 Å². The van der Waals surface area contributed by atoms with Crippen LogP contribution in [0.4, 0.5) is 0 Å². The van der Waals surface area contributed by atoms with Crippen LogP contribution in [0.2, 0.25) is 18.1 Å². The van der Waals surface area contributed by atoms with Crippen LogP contribution in [0.1, 0.15) is 31.3 Å². The number of aromatic carboxylic acids is 1. The third kappa shape index (κ3) is 2.72. The topological polar surface area (TPSA) is 62.5 Å². The van der Waals surface area contributed by atoms with Crippen molar-refractivity contribution in [2.24, 2.45) is 0 Å². The lowest BCUT2D eigenvalue weighted by Gasteiger charge is -2.36. The summed E-state index contributed by atoms with van der Waals surface area (Å²) in [5, 5.41) is 11.6. The van der Waals surface area contributed by atoms with E-state index in [9.17, 15) is 9.90 Å². The Balaban J connectivity index is 2.35. The Kier molecular flexibility index (Phi) is 3.42. The van der Waals surface area contributed by atoms with Gasteiger partial charge in [0.25, 0.3) is 0 Å². The van der Waals surface area contributed by atoms with Gasteiger partial charge in [-0.3, -0.25) is 0 Å². The maximum Gasteiger partial charge on any atom is 0.250 e. The van der Waals surface area contributed by atoms with Crippen LogP contribution in [0.3, 0.4) is 0 Å². The van der Waals surface area contributed by atoms with Gasteiger partial charge in [0.05, 0.1) is 0 Å². The summed E-state index contributed by atoms with van der Waals surface area (Å²) in [6.07, 6.45) is 0. The zero-order valence-electron chi connectivity index (χ0n) is 12.4. The molecule has 1 heterocycles. The van der Waals surface area contributed by atoms with E-state index in [1.807, 2.05) is 12.1 Å². The molecule has 0 atom stereocenters. The summed E-state index contributed by atoms with van der Waals surface area (Å²) in [4.78, 5) is 10.8. The number of carbonyl (C=O) groups excluding carboxylic acids is 1. The first kappa shape index (κ1) is 14.7. The minimum atomic E-state index is -1.91. The number of carbonyl (C=O) groups is 1. The molecule has 108 valence electrons. The highest BCUT2D eigenvalue weighted by Gasteiger charge is 2.38. The molecule has 0 saturated heterocycles. The Labute approximate surface area is 119 Å². The maximum absolute atomic E-state index is 10.8. The van der Waals surface area contributed by atoms with Crippen LogP contribution in [-0.4, -0.2) is 14.3 Å². The van der Waals surface area contributed by atoms with Crippen molar-refractivity contribution in [3.05, 3.63) is 30.0 Å². The van der Waals surface area contributed by atoms with Crippen molar-refractivity contribution in [2.75, 3.05) is 0 Å². The number of carboxylic acids is 1. The van der Waals surface area contributed by atoms with Crippen molar-refractivity contribution < 1.29 is 18.7 Å². The van der Waals surface area contributed by atoms with Gasteiger partial charge in [-0.2, -0.15) is 0 Å². The molecular weight excluding hydrogens is 272 g/mol. The Morgan fingerprint density at radius 3 is 2.45 bits per heavy atom. The number of carboxylic acid groups (broad SMARTS) is 1. The first-order valence-corrected chi connectivity index (χ1v) is 9.45. The molecule has 0 aliphatic rings. The summed E-state index contributed by atoms with van der Waals surface area (Å²) in [7, 11) is -1.91. The summed E-state index contributed by atoms with van der Waals surface area (Å²) in [5.41, 5.74) is 0.520. The monoisotopic (exact) mass is 291 g/mol. The fraction of sp³-hybridized carbons (Fsp3) is 0.400. The van der Waals surface area contributed by atoms with Gasteiger partial charge in [-0.05, 0) is 42.4 Å². The maximum atomic E-state index is 10.8. The van der Waals surface area contributed by atoms with E-state index in [0.717, 1.165) is 5.75 Å². The number of furan rings is 1. The predicted octanol–water partition coefficient (Wildman–Crippen LogP) is 3.18. The molecule has 0 spiro atoms. The minimum Gasteiger partial charge on any atom is -0.543 e. The molecule has 0 unspecified atom stereocenters. The molecule has 0 radical (unpaired) electrons. The third-order valence-electron chi connectivity index (χ3n) is 3.87. The summed E-state index contributed by atoms with van der Waals surface area (Å²) in [6, 6.07) is 6.81. The third-order valence-corrected chi connectivity index (χ3v) is 8.23. The van der Waals surface area contributed by atoms with E-state index in [-0.39, 0.29) is 10.8 Å². The van der Waals surface area contributed by atoms with Gasteiger partial charge >= 0.3 is 0 Å². The Morgan fingerprint density at radius 1 is 1.25 bits per heavy atom. The lowest BCUT2D eigenvalue weighted by Crippen LogP contribution is -2.43. The Hall–Kier alpha value is -1.75. The van der Waals surface area contributed by atoms with E-state index in [1.165, 1.54) is 6.07 Å². The van der Waals surface area contributed by atoms with Gasteiger partial charge in [0.2, 0.25) is 8.32 Å². The average molecular weight is 291 g/mol. The molecule has 0 amide bonds. The van der Waals surface area contributed by atoms with Gasteiger partial charge in [-0.15, -0.1) is 0 Å². The zero-order valence-corrected chi connectivity index (χ0v) is 13.4. The van der Waals surface area contributed by atoms with Crippen LogP contribution < -0.4 is 9.53 Å². The van der Waals surface area contributed by atoms with Gasteiger partial charge in [-0.1, -0.05) is 20.8 Å². The average Bonchev–Trinajstić information content (AvgIpc) is 2.69. The zero-order chi connectivity index (χ0) is 15.1. The molecule has 2 aromatic rings. The lowest BCUT2D eigenvalue weighted by atomic mass is 10.2. The smallest absolute Gasteiger partial charge is 0.250 e. The fourth-order valence-corrected chi connectivity index (χ4v) is 2.66. The quantitative estimate of drug-likeness (QED) is 0.815. The first-order valence-electron chi connectivity index (χ1n) is 6.54. The van der Waals surface area contributed by atoms with Crippen LogP contribution in [0.15, 0.2) is 28.7 Å². The van der Waals surface area contributed by atoms with E-state index in [0.29, 0.717) is 11.0 Å². The lowest BCUT2D eigenvalue weighted by molar-refractivity contribution is -0.256. The van der Waals surface area contributed by atoms with E-state index >= 15 is 0 Å². The SMILES string of the molecule is CC(C)(C)[Si](C)(C)Oc1ccc2oc(C(=O)[O-])cc2c1. The van der Waals surface area contributed by atoms with Gasteiger partial charge in [0.15, 0.2) is 5.76 Å². The van der Waals surface area contributed by atoms with Crippen molar-refractivity contribution in [3.8, 4) is 5.75 Å². The predicted molar refractivity (Wildman–Crippen MR) is 78.4 cm³/mol. The number of hydrogen-bond acceptors (Lipinski definition) is 4. The fourth-order valence-electron chi connectivity index (χ4n) is 1.63. The molecule has 5 heteroatoms. The van der Waals surface area contributed by atoms with E-state index in [4.69, 9.17) is 8.84 Å². The molecule has 2 rings (SSSR count). The number of rotatable bonds is 3. The van der Waals surface area contributed by atoms with Gasteiger partial charge in [0.1, 0.15) is 17.3 Å². The van der Waals surface area contributed by atoms with Crippen LogP contribution in [0, 0.1) is 0 Å². The molecule has 4 nitrogen and oxygen atoms in total. The highest BCUT2D eigenvalue weighted by Crippen LogP contribution is 2.38. The van der Waals surface area contributed by atoms with Gasteiger partial charge in [0, 0.05) is 5.39 Å². The number of fused-ring (bicyclic) bond motifs is 1. The second-order valence-corrected chi connectivity index (χ2v) is 11.2. The Bertz CT molecular complexity index is 649. The standard InChI is InChI=1S/C15H20O4Si/c1-15(2,3)20(4,5)19-11-6-7-12-10(8-11)9-13(18-12)14(16)17/h6-9H,1-5H3,(H,16,17)/p-1. The molecular formula is C15H19O4Si-. The largest absolute Gasteiger partial charge is 0.543 e. The van der Waals surface area contributed by atoms with Crippen LogP contribution in [0.5, 0.6) is 5.75 Å². The molecule has 20 heavy (non-hydrogen) atoms. The second-order valence-electron chi connectivity index (χ2n) is 6.46. The number of benzene rings is 1. The molecule has 1 aromatic heterocycles. The molecule has 0 bridgehead atoms. The summed E-state index contributed by atoms with van der Waals surface area (Å²) < 4.78 is 11.4. The van der Waals surface area contributed by atoms with Crippen molar-refractivity contribution in [3.63, 3.8) is 0 Å². The highest BCUT2D eigenvalue weighted by molar-refractivity contribution is 6.74.